The number of carbonyl (C=O) groups is 1. The van der Waals surface area contributed by atoms with Crippen LogP contribution in [0.2, 0.25) is 0 Å². The summed E-state index contributed by atoms with van der Waals surface area (Å²) in [6.45, 7) is 11.2. The zero-order chi connectivity index (χ0) is 21.6. The minimum absolute atomic E-state index is 0.0566. The van der Waals surface area contributed by atoms with Crippen molar-refractivity contribution in [3.63, 3.8) is 0 Å². The minimum atomic E-state index is -0.206. The fourth-order valence-corrected chi connectivity index (χ4v) is 3.87. The number of carbonyl (C=O) groups excluding carboxylic acids is 1. The SMILES string of the molecule is COc1cncc(-c2cc(C)c3c(n2)[C@H](C)N(c2ccn(CC(C)(C)C)n2)C3=O)c1. The number of nitrogens with zero attached hydrogens (tertiary/aromatic N) is 5. The highest BCUT2D eigenvalue weighted by atomic mass is 16.5. The molecular formula is C23H27N5O2. The molecule has 7 nitrogen and oxygen atoms in total. The second-order valence-electron chi connectivity index (χ2n) is 8.98. The van der Waals surface area contributed by atoms with Gasteiger partial charge in [-0.15, -0.1) is 0 Å². The second kappa shape index (κ2) is 7.23. The first kappa shape index (κ1) is 20.1. The summed E-state index contributed by atoms with van der Waals surface area (Å²) in [5, 5.41) is 4.66. The van der Waals surface area contributed by atoms with E-state index in [4.69, 9.17) is 9.72 Å². The van der Waals surface area contributed by atoms with Gasteiger partial charge in [0.15, 0.2) is 5.82 Å². The van der Waals surface area contributed by atoms with E-state index in [1.807, 2.05) is 42.9 Å². The third kappa shape index (κ3) is 3.56. The molecule has 4 rings (SSSR count). The van der Waals surface area contributed by atoms with Gasteiger partial charge in [-0.1, -0.05) is 20.8 Å². The summed E-state index contributed by atoms with van der Waals surface area (Å²) in [6, 6.07) is 5.52. The van der Waals surface area contributed by atoms with Crippen molar-refractivity contribution >= 4 is 11.7 Å². The molecule has 0 unspecified atom stereocenters. The van der Waals surface area contributed by atoms with Crippen molar-refractivity contribution in [3.05, 3.63) is 53.6 Å². The Balaban J connectivity index is 1.71. The highest BCUT2D eigenvalue weighted by Gasteiger charge is 2.39. The monoisotopic (exact) mass is 405 g/mol. The molecule has 3 aromatic rings. The number of hydrogen-bond donors (Lipinski definition) is 0. The van der Waals surface area contributed by atoms with Crippen molar-refractivity contribution in [1.82, 2.24) is 19.7 Å². The predicted octanol–water partition coefficient (Wildman–Crippen LogP) is 4.42. The summed E-state index contributed by atoms with van der Waals surface area (Å²) < 4.78 is 7.18. The summed E-state index contributed by atoms with van der Waals surface area (Å²) >= 11 is 0. The van der Waals surface area contributed by atoms with Crippen molar-refractivity contribution < 1.29 is 9.53 Å². The molecule has 1 aliphatic heterocycles. The Kier molecular flexibility index (Phi) is 4.84. The van der Waals surface area contributed by atoms with E-state index in [-0.39, 0.29) is 17.4 Å². The number of rotatable bonds is 4. The van der Waals surface area contributed by atoms with Gasteiger partial charge in [0, 0.05) is 30.6 Å². The average Bonchev–Trinajstić information content (AvgIpc) is 3.22. The minimum Gasteiger partial charge on any atom is -0.495 e. The van der Waals surface area contributed by atoms with Gasteiger partial charge >= 0.3 is 0 Å². The van der Waals surface area contributed by atoms with E-state index in [9.17, 15) is 4.79 Å². The van der Waals surface area contributed by atoms with Gasteiger partial charge in [0.2, 0.25) is 0 Å². The third-order valence-corrected chi connectivity index (χ3v) is 5.21. The lowest BCUT2D eigenvalue weighted by Gasteiger charge is -2.20. The fourth-order valence-electron chi connectivity index (χ4n) is 3.87. The molecule has 0 N–H and O–H groups in total. The van der Waals surface area contributed by atoms with Crippen molar-refractivity contribution in [2.24, 2.45) is 5.41 Å². The molecule has 3 aromatic heterocycles. The maximum atomic E-state index is 13.3. The molecule has 7 heteroatoms. The van der Waals surface area contributed by atoms with Gasteiger partial charge in [-0.3, -0.25) is 19.4 Å². The molecule has 156 valence electrons. The quantitative estimate of drug-likeness (QED) is 0.642. The Morgan fingerprint density at radius 3 is 2.67 bits per heavy atom. The largest absolute Gasteiger partial charge is 0.495 e. The number of fused-ring (bicyclic) bond motifs is 1. The van der Waals surface area contributed by atoms with Crippen molar-refractivity contribution in [1.29, 1.82) is 0 Å². The van der Waals surface area contributed by atoms with Crippen LogP contribution in [0.15, 0.2) is 36.8 Å². The van der Waals surface area contributed by atoms with Crippen LogP contribution >= 0.6 is 0 Å². The summed E-state index contributed by atoms with van der Waals surface area (Å²) in [5.41, 5.74) is 4.05. The number of anilines is 1. The first-order valence-electron chi connectivity index (χ1n) is 10.1. The van der Waals surface area contributed by atoms with Gasteiger partial charge in [0.1, 0.15) is 5.75 Å². The zero-order valence-corrected chi connectivity index (χ0v) is 18.3. The summed E-state index contributed by atoms with van der Waals surface area (Å²) in [7, 11) is 1.61. The van der Waals surface area contributed by atoms with E-state index in [0.717, 1.165) is 29.1 Å². The second-order valence-corrected chi connectivity index (χ2v) is 8.98. The third-order valence-electron chi connectivity index (χ3n) is 5.21. The van der Waals surface area contributed by atoms with Crippen LogP contribution in [0.5, 0.6) is 5.75 Å². The van der Waals surface area contributed by atoms with Crippen molar-refractivity contribution in [2.45, 2.75) is 47.2 Å². The Bertz CT molecular complexity index is 1110. The maximum absolute atomic E-state index is 13.3. The molecule has 1 atom stereocenters. The molecule has 0 radical (unpaired) electrons. The van der Waals surface area contributed by atoms with E-state index >= 15 is 0 Å². The number of pyridine rings is 2. The van der Waals surface area contributed by atoms with Crippen LogP contribution in [0, 0.1) is 12.3 Å². The number of ether oxygens (including phenoxy) is 1. The van der Waals surface area contributed by atoms with E-state index in [1.54, 1.807) is 24.4 Å². The standard InChI is InChI=1S/C23H27N5O2/c1-14-9-18(16-10-17(30-6)12-24-11-16)25-21-15(2)28(22(29)20(14)21)19-7-8-27(26-19)13-23(3,4)5/h7-12,15H,13H2,1-6H3/t15-/m0/s1. The van der Waals surface area contributed by atoms with Crippen LogP contribution in [0.25, 0.3) is 11.3 Å². The maximum Gasteiger partial charge on any atom is 0.262 e. The molecule has 0 aliphatic carbocycles. The van der Waals surface area contributed by atoms with E-state index in [1.165, 1.54) is 0 Å². The Morgan fingerprint density at radius 2 is 1.97 bits per heavy atom. The van der Waals surface area contributed by atoms with Crippen LogP contribution in [0.3, 0.4) is 0 Å². The Hall–Kier alpha value is -3.22. The first-order chi connectivity index (χ1) is 14.2. The van der Waals surface area contributed by atoms with Crippen LogP contribution in [-0.4, -0.2) is 32.8 Å². The highest BCUT2D eigenvalue weighted by Crippen LogP contribution is 2.38. The Labute approximate surface area is 176 Å². The zero-order valence-electron chi connectivity index (χ0n) is 18.3. The number of aryl methyl sites for hydroxylation is 1. The van der Waals surface area contributed by atoms with E-state index in [2.05, 4.69) is 30.9 Å². The predicted molar refractivity (Wildman–Crippen MR) is 116 cm³/mol. The Morgan fingerprint density at radius 1 is 1.20 bits per heavy atom. The van der Waals surface area contributed by atoms with Gasteiger partial charge in [-0.2, -0.15) is 5.10 Å². The summed E-state index contributed by atoms with van der Waals surface area (Å²) in [4.78, 5) is 24.1. The molecule has 0 saturated carbocycles. The molecular weight excluding hydrogens is 378 g/mol. The lowest BCUT2D eigenvalue weighted by molar-refractivity contribution is 0.0991. The smallest absolute Gasteiger partial charge is 0.262 e. The lowest BCUT2D eigenvalue weighted by Crippen LogP contribution is -2.27. The van der Waals surface area contributed by atoms with Gasteiger partial charge in [-0.25, -0.2) is 4.98 Å². The van der Waals surface area contributed by atoms with Gasteiger partial charge in [0.25, 0.3) is 5.91 Å². The van der Waals surface area contributed by atoms with E-state index < -0.39 is 0 Å². The fraction of sp³-hybridized carbons (Fsp3) is 0.391. The van der Waals surface area contributed by atoms with Crippen LogP contribution in [0.1, 0.15) is 55.4 Å². The van der Waals surface area contributed by atoms with Crippen LogP contribution in [-0.2, 0) is 6.54 Å². The van der Waals surface area contributed by atoms with Crippen LogP contribution in [0.4, 0.5) is 5.82 Å². The molecule has 1 aliphatic rings. The van der Waals surface area contributed by atoms with Crippen molar-refractivity contribution in [2.75, 3.05) is 12.0 Å². The molecule has 1 amide bonds. The van der Waals surface area contributed by atoms with Gasteiger partial charge < -0.3 is 4.74 Å². The van der Waals surface area contributed by atoms with Crippen molar-refractivity contribution in [3.8, 4) is 17.0 Å². The normalized spacial score (nSPS) is 16.1. The number of methoxy groups -OCH3 is 1. The molecule has 0 aromatic carbocycles. The molecule has 0 bridgehead atoms. The molecule has 0 spiro atoms. The molecule has 0 fully saturated rings. The summed E-state index contributed by atoms with van der Waals surface area (Å²) in [5.74, 6) is 1.26. The van der Waals surface area contributed by atoms with Gasteiger partial charge in [0.05, 0.1) is 36.3 Å². The molecule has 30 heavy (non-hydrogen) atoms. The lowest BCUT2D eigenvalue weighted by atomic mass is 9.97. The topological polar surface area (TPSA) is 73.1 Å². The number of amides is 1. The average molecular weight is 406 g/mol. The number of hydrogen-bond acceptors (Lipinski definition) is 5. The molecule has 4 heterocycles. The van der Waals surface area contributed by atoms with E-state index in [0.29, 0.717) is 17.1 Å². The first-order valence-corrected chi connectivity index (χ1v) is 10.1. The summed E-state index contributed by atoms with van der Waals surface area (Å²) in [6.07, 6.45) is 5.34. The molecule has 0 saturated heterocycles. The van der Waals surface area contributed by atoms with Crippen LogP contribution < -0.4 is 9.64 Å². The number of aromatic nitrogens is 4. The highest BCUT2D eigenvalue weighted by molar-refractivity contribution is 6.11. The van der Waals surface area contributed by atoms with Gasteiger partial charge in [-0.05, 0) is 37.0 Å².